The highest BCUT2D eigenvalue weighted by molar-refractivity contribution is 7.99. The van der Waals surface area contributed by atoms with E-state index < -0.39 is 5.91 Å². The van der Waals surface area contributed by atoms with Crippen LogP contribution in [0.25, 0.3) is 22.5 Å². The van der Waals surface area contributed by atoms with Crippen molar-refractivity contribution in [2.75, 3.05) is 5.75 Å². The summed E-state index contributed by atoms with van der Waals surface area (Å²) in [5, 5.41) is 9.80. The van der Waals surface area contributed by atoms with E-state index in [2.05, 4.69) is 15.2 Å². The van der Waals surface area contributed by atoms with Crippen molar-refractivity contribution in [1.29, 1.82) is 0 Å². The first kappa shape index (κ1) is 19.0. The Balaban J connectivity index is 1.58. The number of nitrogens with one attached hydrogen (secondary N) is 1. The molecule has 0 saturated heterocycles. The number of aromatic nitrogens is 4. The number of Topliss-reactive ketones (excluding diaryl/α,β-unsaturated/α-hetero) is 1. The number of aryl methyl sites for hydroxylation is 1. The summed E-state index contributed by atoms with van der Waals surface area (Å²) < 4.78 is 7.16. The number of thioether (sulfide) groups is 1. The number of para-hydroxylation sites is 1. The molecule has 9 heteroatoms. The van der Waals surface area contributed by atoms with Crippen LogP contribution in [0.5, 0.6) is 0 Å². The standard InChI is InChI=1S/C20H19N5O3S/c1-12-18(13-5-2-3-6-14(13)22-12)15(26)11-29-20-24-23-19(16-7-4-10-28-16)25(20)9-8-17(21)27/h2-7,10,22H,8-9,11H2,1H3,(H2,21,27). The van der Waals surface area contributed by atoms with Crippen LogP contribution >= 0.6 is 11.8 Å². The average Bonchev–Trinajstić information content (AvgIpc) is 3.41. The molecular weight excluding hydrogens is 390 g/mol. The van der Waals surface area contributed by atoms with Gasteiger partial charge in [0.05, 0.1) is 12.0 Å². The molecule has 0 radical (unpaired) electrons. The third kappa shape index (κ3) is 3.81. The number of furan rings is 1. The van der Waals surface area contributed by atoms with E-state index in [-0.39, 0.29) is 18.0 Å². The first-order chi connectivity index (χ1) is 14.0. The molecule has 148 valence electrons. The Morgan fingerprint density at radius 3 is 2.79 bits per heavy atom. The summed E-state index contributed by atoms with van der Waals surface area (Å²) in [6.45, 7) is 2.20. The van der Waals surface area contributed by atoms with E-state index in [0.29, 0.717) is 28.8 Å². The third-order valence-electron chi connectivity index (χ3n) is 4.54. The zero-order valence-corrected chi connectivity index (χ0v) is 16.5. The molecule has 0 saturated carbocycles. The number of hydrogen-bond donors (Lipinski definition) is 2. The van der Waals surface area contributed by atoms with Gasteiger partial charge in [-0.25, -0.2) is 0 Å². The summed E-state index contributed by atoms with van der Waals surface area (Å²) in [6, 6.07) is 11.2. The maximum Gasteiger partial charge on any atom is 0.219 e. The van der Waals surface area contributed by atoms with Crippen LogP contribution in [0.4, 0.5) is 0 Å². The number of aromatic amines is 1. The number of rotatable bonds is 8. The first-order valence-corrected chi connectivity index (χ1v) is 10.0. The van der Waals surface area contributed by atoms with Crippen LogP contribution in [0.2, 0.25) is 0 Å². The summed E-state index contributed by atoms with van der Waals surface area (Å²) in [7, 11) is 0. The van der Waals surface area contributed by atoms with Crippen molar-refractivity contribution in [1.82, 2.24) is 19.7 Å². The summed E-state index contributed by atoms with van der Waals surface area (Å²) in [5.41, 5.74) is 7.76. The van der Waals surface area contributed by atoms with Crippen LogP contribution in [0.1, 0.15) is 22.5 Å². The lowest BCUT2D eigenvalue weighted by atomic mass is 10.1. The molecule has 0 atom stereocenters. The van der Waals surface area contributed by atoms with E-state index in [1.165, 1.54) is 11.8 Å². The second kappa shape index (κ2) is 7.96. The Morgan fingerprint density at radius 1 is 1.21 bits per heavy atom. The first-order valence-electron chi connectivity index (χ1n) is 9.03. The fourth-order valence-electron chi connectivity index (χ4n) is 3.25. The van der Waals surface area contributed by atoms with Crippen LogP contribution < -0.4 is 5.73 Å². The summed E-state index contributed by atoms with van der Waals surface area (Å²) in [4.78, 5) is 27.4. The van der Waals surface area contributed by atoms with Crippen LogP contribution in [-0.2, 0) is 11.3 Å². The number of H-pyrrole nitrogens is 1. The monoisotopic (exact) mass is 409 g/mol. The van der Waals surface area contributed by atoms with Crippen molar-refractivity contribution in [2.45, 2.75) is 25.0 Å². The van der Waals surface area contributed by atoms with Crippen molar-refractivity contribution in [3.63, 3.8) is 0 Å². The van der Waals surface area contributed by atoms with Gasteiger partial charge in [-0.2, -0.15) is 0 Å². The number of nitrogens with two attached hydrogens (primary N) is 1. The second-order valence-corrected chi connectivity index (χ2v) is 7.48. The molecule has 3 N–H and O–H groups in total. The number of carbonyl (C=O) groups is 2. The van der Waals surface area contributed by atoms with Crippen molar-refractivity contribution in [2.24, 2.45) is 5.73 Å². The highest BCUT2D eigenvalue weighted by Gasteiger charge is 2.20. The fourth-order valence-corrected chi connectivity index (χ4v) is 4.08. The van der Waals surface area contributed by atoms with Crippen molar-refractivity contribution in [3.05, 3.63) is 53.9 Å². The Hall–Kier alpha value is -3.33. The number of fused-ring (bicyclic) bond motifs is 1. The Kier molecular flexibility index (Phi) is 5.22. The molecule has 4 aromatic rings. The number of hydrogen-bond acceptors (Lipinski definition) is 6. The predicted molar refractivity (Wildman–Crippen MR) is 110 cm³/mol. The number of nitrogens with zero attached hydrogens (tertiary/aromatic N) is 3. The molecule has 8 nitrogen and oxygen atoms in total. The molecule has 0 aliphatic carbocycles. The van der Waals surface area contributed by atoms with Gasteiger partial charge < -0.3 is 15.1 Å². The van der Waals surface area contributed by atoms with Gasteiger partial charge in [0.2, 0.25) is 5.91 Å². The van der Waals surface area contributed by atoms with Crippen molar-refractivity contribution in [3.8, 4) is 11.6 Å². The molecule has 0 fully saturated rings. The number of carbonyl (C=O) groups excluding carboxylic acids is 2. The quantitative estimate of drug-likeness (QED) is 0.341. The van der Waals surface area contributed by atoms with Gasteiger partial charge in [0.15, 0.2) is 22.5 Å². The average molecular weight is 409 g/mol. The molecule has 3 heterocycles. The molecule has 0 bridgehead atoms. The van der Waals surface area contributed by atoms with E-state index in [9.17, 15) is 9.59 Å². The zero-order chi connectivity index (χ0) is 20.4. The van der Waals surface area contributed by atoms with Crippen LogP contribution in [0, 0.1) is 6.92 Å². The van der Waals surface area contributed by atoms with Gasteiger partial charge in [0.25, 0.3) is 0 Å². The number of ketones is 1. The molecule has 0 spiro atoms. The molecule has 1 amide bonds. The van der Waals surface area contributed by atoms with Gasteiger partial charge >= 0.3 is 0 Å². The van der Waals surface area contributed by atoms with E-state index >= 15 is 0 Å². The molecule has 29 heavy (non-hydrogen) atoms. The Morgan fingerprint density at radius 2 is 2.03 bits per heavy atom. The smallest absolute Gasteiger partial charge is 0.219 e. The third-order valence-corrected chi connectivity index (χ3v) is 5.51. The van der Waals surface area contributed by atoms with Gasteiger partial charge in [-0.3, -0.25) is 14.2 Å². The minimum atomic E-state index is -0.425. The number of amides is 1. The Bertz CT molecular complexity index is 1180. The maximum atomic E-state index is 12.9. The number of benzene rings is 1. The normalized spacial score (nSPS) is 11.2. The van der Waals surface area contributed by atoms with Crippen molar-refractivity contribution < 1.29 is 14.0 Å². The van der Waals surface area contributed by atoms with Gasteiger partial charge in [0.1, 0.15) is 0 Å². The van der Waals surface area contributed by atoms with Gasteiger partial charge in [0, 0.05) is 35.1 Å². The van der Waals surface area contributed by atoms with Crippen LogP contribution in [0.15, 0.2) is 52.2 Å². The van der Waals surface area contributed by atoms with Gasteiger partial charge in [-0.05, 0) is 25.1 Å². The van der Waals surface area contributed by atoms with E-state index in [0.717, 1.165) is 16.6 Å². The molecular formula is C20H19N5O3S. The largest absolute Gasteiger partial charge is 0.461 e. The molecule has 4 rings (SSSR count). The molecule has 3 aromatic heterocycles. The Labute approximate surface area is 170 Å². The van der Waals surface area contributed by atoms with Gasteiger partial charge in [-0.1, -0.05) is 30.0 Å². The minimum absolute atomic E-state index is 0.00560. The lowest BCUT2D eigenvalue weighted by molar-refractivity contribution is -0.118. The lowest BCUT2D eigenvalue weighted by Gasteiger charge is -2.08. The van der Waals surface area contributed by atoms with E-state index in [4.69, 9.17) is 10.2 Å². The predicted octanol–water partition coefficient (Wildman–Crippen LogP) is 3.18. The van der Waals surface area contributed by atoms with E-state index in [1.807, 2.05) is 31.2 Å². The topological polar surface area (TPSA) is 120 Å². The maximum absolute atomic E-state index is 12.9. The van der Waals surface area contributed by atoms with Crippen LogP contribution in [0.3, 0.4) is 0 Å². The highest BCUT2D eigenvalue weighted by Crippen LogP contribution is 2.27. The SMILES string of the molecule is Cc1[nH]c2ccccc2c1C(=O)CSc1nnc(-c2ccco2)n1CCC(N)=O. The highest BCUT2D eigenvalue weighted by atomic mass is 32.2. The molecule has 0 unspecified atom stereocenters. The van der Waals surface area contributed by atoms with E-state index in [1.54, 1.807) is 23.0 Å². The fraction of sp³-hybridized carbons (Fsp3) is 0.200. The molecule has 0 aliphatic heterocycles. The lowest BCUT2D eigenvalue weighted by Crippen LogP contribution is -2.15. The van der Waals surface area contributed by atoms with Crippen LogP contribution in [-0.4, -0.2) is 37.2 Å². The zero-order valence-electron chi connectivity index (χ0n) is 15.7. The summed E-state index contributed by atoms with van der Waals surface area (Å²) >= 11 is 1.27. The summed E-state index contributed by atoms with van der Waals surface area (Å²) in [5.74, 6) is 0.789. The minimum Gasteiger partial charge on any atom is -0.461 e. The van der Waals surface area contributed by atoms with Gasteiger partial charge in [-0.15, -0.1) is 10.2 Å². The number of primary amides is 1. The molecule has 0 aliphatic rings. The summed E-state index contributed by atoms with van der Waals surface area (Å²) in [6.07, 6.45) is 1.67. The molecule has 1 aromatic carbocycles. The van der Waals surface area contributed by atoms with Crippen molar-refractivity contribution >= 4 is 34.4 Å². The second-order valence-electron chi connectivity index (χ2n) is 6.53.